The zero-order valence-electron chi connectivity index (χ0n) is 11.6. The summed E-state index contributed by atoms with van der Waals surface area (Å²) in [6.45, 7) is 7.90. The lowest BCUT2D eigenvalue weighted by Crippen LogP contribution is -2.44. The Hall–Kier alpha value is -0.0800. The van der Waals surface area contributed by atoms with Crippen LogP contribution in [0.5, 0.6) is 0 Å². The van der Waals surface area contributed by atoms with Crippen LogP contribution in [0.1, 0.15) is 58.8 Å². The topological polar surface area (TPSA) is 21.3 Å². The van der Waals surface area contributed by atoms with Crippen LogP contribution in [0.15, 0.2) is 0 Å². The molecule has 2 rings (SSSR count). The minimum atomic E-state index is 0.278. The van der Waals surface area contributed by atoms with Gasteiger partial charge in [-0.2, -0.15) is 0 Å². The largest absolute Gasteiger partial charge is 0.375 e. The first-order valence-corrected chi connectivity index (χ1v) is 7.55. The molecule has 1 saturated carbocycles. The Morgan fingerprint density at radius 2 is 2.00 bits per heavy atom. The van der Waals surface area contributed by atoms with Gasteiger partial charge in [-0.05, 0) is 50.6 Å². The van der Waals surface area contributed by atoms with E-state index in [-0.39, 0.29) is 5.60 Å². The molecular weight excluding hydrogens is 210 g/mol. The Labute approximate surface area is 107 Å². The monoisotopic (exact) mass is 239 g/mol. The van der Waals surface area contributed by atoms with Crippen molar-refractivity contribution < 1.29 is 4.74 Å². The molecular formula is C15H29NO. The molecule has 1 atom stereocenters. The molecule has 1 N–H and O–H groups in total. The van der Waals surface area contributed by atoms with Crippen LogP contribution in [0.4, 0.5) is 0 Å². The van der Waals surface area contributed by atoms with Gasteiger partial charge >= 0.3 is 0 Å². The van der Waals surface area contributed by atoms with Crippen molar-refractivity contribution in [2.24, 2.45) is 11.8 Å². The summed E-state index contributed by atoms with van der Waals surface area (Å²) in [6, 6.07) is 0. The van der Waals surface area contributed by atoms with Crippen molar-refractivity contribution in [3.63, 3.8) is 0 Å². The molecule has 1 aliphatic heterocycles. The molecule has 1 spiro atoms. The predicted molar refractivity (Wildman–Crippen MR) is 72.2 cm³/mol. The van der Waals surface area contributed by atoms with E-state index in [1.165, 1.54) is 51.5 Å². The van der Waals surface area contributed by atoms with E-state index in [9.17, 15) is 0 Å². The highest BCUT2D eigenvalue weighted by Gasteiger charge is 2.38. The van der Waals surface area contributed by atoms with Crippen molar-refractivity contribution in [2.75, 3.05) is 19.7 Å². The van der Waals surface area contributed by atoms with Gasteiger partial charge in [0.2, 0.25) is 0 Å². The molecule has 17 heavy (non-hydrogen) atoms. The van der Waals surface area contributed by atoms with Gasteiger partial charge in [0.1, 0.15) is 0 Å². The fourth-order valence-corrected chi connectivity index (χ4v) is 3.42. The summed E-state index contributed by atoms with van der Waals surface area (Å²) in [7, 11) is 0. The first kappa shape index (κ1) is 13.4. The zero-order chi connectivity index (χ0) is 12.1. The summed E-state index contributed by atoms with van der Waals surface area (Å²) in [5.41, 5.74) is 0.278. The van der Waals surface area contributed by atoms with E-state index in [1.54, 1.807) is 0 Å². The van der Waals surface area contributed by atoms with E-state index >= 15 is 0 Å². The van der Waals surface area contributed by atoms with Crippen LogP contribution >= 0.6 is 0 Å². The van der Waals surface area contributed by atoms with Gasteiger partial charge in [0.15, 0.2) is 0 Å². The van der Waals surface area contributed by atoms with Crippen molar-refractivity contribution in [1.29, 1.82) is 0 Å². The average molecular weight is 239 g/mol. The molecule has 2 fully saturated rings. The minimum absolute atomic E-state index is 0.278. The Bertz CT molecular complexity index is 215. The van der Waals surface area contributed by atoms with E-state index in [2.05, 4.69) is 19.2 Å². The summed E-state index contributed by atoms with van der Waals surface area (Å²) >= 11 is 0. The maximum atomic E-state index is 6.14. The number of hydrogen-bond donors (Lipinski definition) is 1. The highest BCUT2D eigenvalue weighted by molar-refractivity contribution is 4.90. The second-order valence-corrected chi connectivity index (χ2v) is 6.50. The Morgan fingerprint density at radius 3 is 2.71 bits per heavy atom. The standard InChI is InChI=1S/C15H29NO/c1-13(2)11-16-12-14-6-9-17-15(10-14)7-4-3-5-8-15/h13-14,16H,3-12H2,1-2H3. The number of ether oxygens (including phenoxy) is 1. The van der Waals surface area contributed by atoms with Crippen LogP contribution in [0.25, 0.3) is 0 Å². The molecule has 0 aromatic carbocycles. The molecule has 2 heteroatoms. The van der Waals surface area contributed by atoms with Gasteiger partial charge in [0.25, 0.3) is 0 Å². The van der Waals surface area contributed by atoms with Crippen LogP contribution in [-0.2, 0) is 4.74 Å². The summed E-state index contributed by atoms with van der Waals surface area (Å²) < 4.78 is 6.14. The number of nitrogens with one attached hydrogen (secondary N) is 1. The van der Waals surface area contributed by atoms with E-state index in [1.807, 2.05) is 0 Å². The molecule has 0 radical (unpaired) electrons. The van der Waals surface area contributed by atoms with Gasteiger partial charge in [-0.15, -0.1) is 0 Å². The second-order valence-electron chi connectivity index (χ2n) is 6.50. The molecule has 2 nitrogen and oxygen atoms in total. The SMILES string of the molecule is CC(C)CNCC1CCOC2(CCCCC2)C1. The number of rotatable bonds is 4. The molecule has 0 aromatic heterocycles. The molecule has 1 saturated heterocycles. The van der Waals surface area contributed by atoms with Crippen molar-refractivity contribution in [3.8, 4) is 0 Å². The molecule has 0 amide bonds. The summed E-state index contributed by atoms with van der Waals surface area (Å²) in [5.74, 6) is 1.61. The van der Waals surface area contributed by atoms with Gasteiger partial charge in [0.05, 0.1) is 5.60 Å². The third-order valence-corrected chi connectivity index (χ3v) is 4.35. The van der Waals surface area contributed by atoms with Crippen LogP contribution in [0.2, 0.25) is 0 Å². The molecule has 0 bridgehead atoms. The highest BCUT2D eigenvalue weighted by atomic mass is 16.5. The van der Waals surface area contributed by atoms with Crippen molar-refractivity contribution in [3.05, 3.63) is 0 Å². The van der Waals surface area contributed by atoms with Gasteiger partial charge in [0, 0.05) is 6.61 Å². The second kappa shape index (κ2) is 6.19. The first-order chi connectivity index (χ1) is 8.20. The maximum Gasteiger partial charge on any atom is 0.0685 e. The van der Waals surface area contributed by atoms with E-state index in [0.717, 1.165) is 25.0 Å². The molecule has 2 aliphatic rings. The fourth-order valence-electron chi connectivity index (χ4n) is 3.42. The quantitative estimate of drug-likeness (QED) is 0.812. The normalized spacial score (nSPS) is 28.8. The van der Waals surface area contributed by atoms with Gasteiger partial charge < -0.3 is 10.1 Å². The van der Waals surface area contributed by atoms with Crippen LogP contribution in [-0.4, -0.2) is 25.3 Å². The van der Waals surface area contributed by atoms with Crippen LogP contribution in [0.3, 0.4) is 0 Å². The van der Waals surface area contributed by atoms with Gasteiger partial charge in [-0.3, -0.25) is 0 Å². The third kappa shape index (κ3) is 3.96. The van der Waals surface area contributed by atoms with Crippen LogP contribution < -0.4 is 5.32 Å². The fraction of sp³-hybridized carbons (Fsp3) is 1.00. The van der Waals surface area contributed by atoms with Crippen molar-refractivity contribution >= 4 is 0 Å². The smallest absolute Gasteiger partial charge is 0.0685 e. The maximum absolute atomic E-state index is 6.14. The van der Waals surface area contributed by atoms with E-state index in [4.69, 9.17) is 4.74 Å². The Kier molecular flexibility index (Phi) is 4.87. The highest BCUT2D eigenvalue weighted by Crippen LogP contribution is 2.40. The third-order valence-electron chi connectivity index (χ3n) is 4.35. The molecule has 1 heterocycles. The molecule has 1 unspecified atom stereocenters. The lowest BCUT2D eigenvalue weighted by molar-refractivity contribution is -0.116. The molecule has 1 aliphatic carbocycles. The number of hydrogen-bond acceptors (Lipinski definition) is 2. The molecule has 100 valence electrons. The minimum Gasteiger partial charge on any atom is -0.375 e. The van der Waals surface area contributed by atoms with E-state index in [0.29, 0.717) is 0 Å². The van der Waals surface area contributed by atoms with E-state index < -0.39 is 0 Å². The van der Waals surface area contributed by atoms with Gasteiger partial charge in [-0.25, -0.2) is 0 Å². The lowest BCUT2D eigenvalue weighted by Gasteiger charge is -2.43. The van der Waals surface area contributed by atoms with Crippen molar-refractivity contribution in [2.45, 2.75) is 64.4 Å². The van der Waals surface area contributed by atoms with Gasteiger partial charge in [-0.1, -0.05) is 33.1 Å². The van der Waals surface area contributed by atoms with Crippen LogP contribution in [0, 0.1) is 11.8 Å². The summed E-state index contributed by atoms with van der Waals surface area (Å²) in [4.78, 5) is 0. The molecule has 0 aromatic rings. The Balaban J connectivity index is 1.76. The Morgan fingerprint density at radius 1 is 1.24 bits per heavy atom. The predicted octanol–water partition coefficient (Wildman–Crippen LogP) is 3.36. The first-order valence-electron chi connectivity index (χ1n) is 7.55. The average Bonchev–Trinajstić information content (AvgIpc) is 2.29. The van der Waals surface area contributed by atoms with Crippen molar-refractivity contribution in [1.82, 2.24) is 5.32 Å². The lowest BCUT2D eigenvalue weighted by atomic mass is 9.76. The summed E-state index contributed by atoms with van der Waals surface area (Å²) in [6.07, 6.45) is 9.37. The zero-order valence-corrected chi connectivity index (χ0v) is 11.6. The summed E-state index contributed by atoms with van der Waals surface area (Å²) in [5, 5.41) is 3.62.